The van der Waals surface area contributed by atoms with Crippen molar-refractivity contribution in [3.05, 3.63) is 35.0 Å². The molecule has 1 spiro atoms. The average Bonchev–Trinajstić information content (AvgIpc) is 2.55. The minimum atomic E-state index is -0.633. The van der Waals surface area contributed by atoms with E-state index < -0.39 is 5.41 Å². The molecule has 2 aliphatic heterocycles. The smallest absolute Gasteiger partial charge is 0.241 e. The van der Waals surface area contributed by atoms with Gasteiger partial charge in [0.2, 0.25) is 5.91 Å². The second-order valence-corrected chi connectivity index (χ2v) is 4.44. The van der Waals surface area contributed by atoms with Crippen molar-refractivity contribution in [2.45, 2.75) is 5.41 Å². The number of hydrogen-bond acceptors (Lipinski definition) is 3. The molecule has 0 unspecified atom stereocenters. The number of halogens is 3. The predicted octanol–water partition coefficient (Wildman–Crippen LogP) is 1.93. The molecular weight excluding hydrogens is 297 g/mol. The fourth-order valence-corrected chi connectivity index (χ4v) is 2.39. The summed E-state index contributed by atoms with van der Waals surface area (Å²) in [6.45, 7) is 1.38. The van der Waals surface area contributed by atoms with Gasteiger partial charge in [0.25, 0.3) is 0 Å². The number of nitrogens with one attached hydrogen (secondary N) is 2. The van der Waals surface area contributed by atoms with Crippen LogP contribution in [0.2, 0.25) is 5.02 Å². The van der Waals surface area contributed by atoms with Crippen LogP contribution >= 0.6 is 36.4 Å². The number of nitrogens with zero attached hydrogens (tertiary/aromatic N) is 1. The maximum Gasteiger partial charge on any atom is 0.241 e. The van der Waals surface area contributed by atoms with E-state index in [0.717, 1.165) is 12.1 Å². The fraction of sp³-hybridized carbons (Fsp3) is 0.273. The number of carbonyl (C=O) groups is 1. The molecule has 1 atom stereocenters. The average molecular weight is 309 g/mol. The normalized spacial score (nSPS) is 23.9. The summed E-state index contributed by atoms with van der Waals surface area (Å²) in [4.78, 5) is 16.2. The van der Waals surface area contributed by atoms with Crippen molar-refractivity contribution >= 4 is 48.1 Å². The van der Waals surface area contributed by atoms with E-state index in [-0.39, 0.29) is 30.7 Å². The number of pyridine rings is 1. The highest BCUT2D eigenvalue weighted by molar-refractivity contribution is 6.30. The number of hydrogen-bond donors (Lipinski definition) is 2. The van der Waals surface area contributed by atoms with Gasteiger partial charge in [-0.25, -0.2) is 4.98 Å². The highest BCUT2D eigenvalue weighted by Crippen LogP contribution is 2.39. The Morgan fingerprint density at radius 3 is 2.83 bits per heavy atom. The highest BCUT2D eigenvalue weighted by Gasteiger charge is 2.46. The van der Waals surface area contributed by atoms with Gasteiger partial charge < -0.3 is 10.6 Å². The van der Waals surface area contributed by atoms with Gasteiger partial charge in [-0.2, -0.15) is 0 Å². The van der Waals surface area contributed by atoms with Gasteiger partial charge in [-0.05, 0) is 6.07 Å². The van der Waals surface area contributed by atoms with Gasteiger partial charge >= 0.3 is 0 Å². The van der Waals surface area contributed by atoms with E-state index in [1.807, 2.05) is 12.2 Å². The van der Waals surface area contributed by atoms with Crippen LogP contribution in [0.15, 0.2) is 24.4 Å². The summed E-state index contributed by atoms with van der Waals surface area (Å²) < 4.78 is 0. The summed E-state index contributed by atoms with van der Waals surface area (Å²) in [5.41, 5.74) is 0.222. The Labute approximate surface area is 122 Å². The number of carbonyl (C=O) groups excluding carboxylic acids is 1. The largest absolute Gasteiger partial charge is 0.312 e. The van der Waals surface area contributed by atoms with Crippen molar-refractivity contribution in [2.75, 3.05) is 18.4 Å². The molecule has 0 aliphatic carbocycles. The first-order valence-electron chi connectivity index (χ1n) is 5.08. The van der Waals surface area contributed by atoms with Crippen LogP contribution in [-0.4, -0.2) is 24.0 Å². The topological polar surface area (TPSA) is 54.0 Å². The molecule has 3 heterocycles. The van der Waals surface area contributed by atoms with Crippen LogP contribution in [0.3, 0.4) is 0 Å². The van der Waals surface area contributed by atoms with Crippen LogP contribution in [-0.2, 0) is 10.2 Å². The Morgan fingerprint density at radius 2 is 2.17 bits per heavy atom. The van der Waals surface area contributed by atoms with Crippen molar-refractivity contribution in [2.24, 2.45) is 0 Å². The molecule has 0 saturated heterocycles. The predicted molar refractivity (Wildman–Crippen MR) is 76.1 cm³/mol. The van der Waals surface area contributed by atoms with Crippen LogP contribution < -0.4 is 10.6 Å². The zero-order valence-corrected chi connectivity index (χ0v) is 11.7. The van der Waals surface area contributed by atoms with Crippen LogP contribution in [0.25, 0.3) is 0 Å². The number of amides is 1. The van der Waals surface area contributed by atoms with Gasteiger partial charge in [0, 0.05) is 24.8 Å². The Hall–Kier alpha value is -0.810. The van der Waals surface area contributed by atoms with Crippen LogP contribution in [0.1, 0.15) is 5.56 Å². The minimum absolute atomic E-state index is 0. The molecule has 7 heteroatoms. The van der Waals surface area contributed by atoms with Gasteiger partial charge in [-0.15, -0.1) is 24.8 Å². The van der Waals surface area contributed by atoms with Gasteiger partial charge in [-0.1, -0.05) is 23.8 Å². The molecule has 0 radical (unpaired) electrons. The van der Waals surface area contributed by atoms with E-state index in [0.29, 0.717) is 17.4 Å². The lowest BCUT2D eigenvalue weighted by atomic mass is 9.80. The number of rotatable bonds is 0. The fourth-order valence-electron chi connectivity index (χ4n) is 2.23. The first-order valence-corrected chi connectivity index (χ1v) is 5.46. The molecule has 1 aromatic rings. The zero-order valence-electron chi connectivity index (χ0n) is 9.27. The number of aromatic nitrogens is 1. The molecule has 0 fully saturated rings. The van der Waals surface area contributed by atoms with Crippen LogP contribution in [0, 0.1) is 0 Å². The van der Waals surface area contributed by atoms with Crippen molar-refractivity contribution in [3.63, 3.8) is 0 Å². The molecule has 18 heavy (non-hydrogen) atoms. The van der Waals surface area contributed by atoms with E-state index in [1.165, 1.54) is 0 Å². The maximum atomic E-state index is 12.0. The van der Waals surface area contributed by atoms with Gasteiger partial charge in [-0.3, -0.25) is 4.79 Å². The van der Waals surface area contributed by atoms with E-state index in [9.17, 15) is 4.79 Å². The number of anilines is 1. The molecule has 4 nitrogen and oxygen atoms in total. The lowest BCUT2D eigenvalue weighted by molar-refractivity contribution is -0.119. The Kier molecular flexibility index (Phi) is 4.61. The van der Waals surface area contributed by atoms with E-state index >= 15 is 0 Å². The zero-order chi connectivity index (χ0) is 11.2. The molecule has 0 saturated carbocycles. The van der Waals surface area contributed by atoms with Gasteiger partial charge in [0.15, 0.2) is 0 Å². The van der Waals surface area contributed by atoms with E-state index in [2.05, 4.69) is 15.6 Å². The third-order valence-corrected chi connectivity index (χ3v) is 3.25. The standard InChI is InChI=1S/C11H10ClN3O.2ClH/c12-7-4-8-9(14-5-7)15-10(16)11(8)2-1-3-13-6-11;;/h1-2,4-5,13H,3,6H2,(H,14,15,16);2*1H/t11-;;/m1../s1. The van der Waals surface area contributed by atoms with Crippen molar-refractivity contribution in [1.82, 2.24) is 10.3 Å². The molecule has 3 rings (SSSR count). The van der Waals surface area contributed by atoms with Crippen LogP contribution in [0.4, 0.5) is 5.82 Å². The lowest BCUT2D eigenvalue weighted by Crippen LogP contribution is -2.45. The van der Waals surface area contributed by atoms with E-state index in [4.69, 9.17) is 11.6 Å². The first kappa shape index (κ1) is 15.2. The summed E-state index contributed by atoms with van der Waals surface area (Å²) in [7, 11) is 0. The Morgan fingerprint density at radius 1 is 1.39 bits per heavy atom. The summed E-state index contributed by atoms with van der Waals surface area (Å²) in [6, 6.07) is 1.80. The van der Waals surface area contributed by atoms with E-state index in [1.54, 1.807) is 12.3 Å². The monoisotopic (exact) mass is 307 g/mol. The minimum Gasteiger partial charge on any atom is -0.312 e. The van der Waals surface area contributed by atoms with Gasteiger partial charge in [0.05, 0.1) is 5.02 Å². The summed E-state index contributed by atoms with van der Waals surface area (Å²) in [6.07, 6.45) is 5.43. The SMILES string of the molecule is Cl.Cl.O=C1Nc2ncc(Cl)cc2[C@]12C=CCNC2. The molecule has 98 valence electrons. The molecule has 1 amide bonds. The third-order valence-electron chi connectivity index (χ3n) is 3.04. The summed E-state index contributed by atoms with van der Waals surface area (Å²) in [5, 5.41) is 6.52. The van der Waals surface area contributed by atoms with Crippen molar-refractivity contribution in [1.29, 1.82) is 0 Å². The third kappa shape index (κ3) is 2.10. The molecular formula is C11H12Cl3N3O. The summed E-state index contributed by atoms with van der Waals surface area (Å²) >= 11 is 5.93. The molecule has 2 N–H and O–H groups in total. The van der Waals surface area contributed by atoms with Gasteiger partial charge in [0.1, 0.15) is 11.2 Å². The second-order valence-electron chi connectivity index (χ2n) is 4.01. The quantitative estimate of drug-likeness (QED) is 0.720. The first-order chi connectivity index (χ1) is 7.72. The summed E-state index contributed by atoms with van der Waals surface area (Å²) in [5.74, 6) is 0.573. The maximum absolute atomic E-state index is 12.0. The van der Waals surface area contributed by atoms with Crippen LogP contribution in [0.5, 0.6) is 0 Å². The van der Waals surface area contributed by atoms with Crippen molar-refractivity contribution < 1.29 is 4.79 Å². The van der Waals surface area contributed by atoms with Crippen molar-refractivity contribution in [3.8, 4) is 0 Å². The second kappa shape index (κ2) is 5.45. The Balaban J connectivity index is 0.000000810. The molecule has 2 aliphatic rings. The molecule has 1 aromatic heterocycles. The highest BCUT2D eigenvalue weighted by atomic mass is 35.5. The molecule has 0 aromatic carbocycles. The molecule has 0 bridgehead atoms. The Bertz CT molecular complexity index is 506. The number of fused-ring (bicyclic) bond motifs is 2. The lowest BCUT2D eigenvalue weighted by Gasteiger charge is -2.26.